The predicted octanol–water partition coefficient (Wildman–Crippen LogP) is 5.06. The highest BCUT2D eigenvalue weighted by Gasteiger charge is 2.20. The van der Waals surface area contributed by atoms with E-state index >= 15 is 0 Å². The number of benzene rings is 1. The summed E-state index contributed by atoms with van der Waals surface area (Å²) in [5, 5.41) is 4.47. The lowest BCUT2D eigenvalue weighted by Gasteiger charge is -2.29. The number of hydrogen-bond acceptors (Lipinski definition) is 1. The molecule has 18 heavy (non-hydrogen) atoms. The Bertz CT molecular complexity index is 350. The molecule has 1 rings (SSSR count). The number of hydrogen-bond donors (Lipinski definition) is 1. The standard InChI is InChI=1S/C16H26ClN/c1-6-15(13-7-9-14(17)10-8-13)18-11-12(2)16(3,4)5/h7-10,12,15,18H,6,11H2,1-5H3. The molecule has 0 aromatic heterocycles. The minimum Gasteiger partial charge on any atom is -0.310 e. The van der Waals surface area contributed by atoms with Crippen molar-refractivity contribution in [3.05, 3.63) is 34.9 Å². The van der Waals surface area contributed by atoms with E-state index in [4.69, 9.17) is 11.6 Å². The summed E-state index contributed by atoms with van der Waals surface area (Å²) < 4.78 is 0. The summed E-state index contributed by atoms with van der Waals surface area (Å²) in [4.78, 5) is 0. The molecule has 0 saturated heterocycles. The molecule has 1 N–H and O–H groups in total. The summed E-state index contributed by atoms with van der Waals surface area (Å²) in [5.41, 5.74) is 1.67. The molecule has 1 nitrogen and oxygen atoms in total. The molecule has 0 spiro atoms. The van der Waals surface area contributed by atoms with Gasteiger partial charge in [0, 0.05) is 11.1 Å². The first-order chi connectivity index (χ1) is 8.34. The van der Waals surface area contributed by atoms with Gasteiger partial charge in [-0.3, -0.25) is 0 Å². The molecule has 0 aliphatic rings. The average Bonchev–Trinajstić information content (AvgIpc) is 2.30. The topological polar surface area (TPSA) is 12.0 Å². The molecule has 0 amide bonds. The zero-order valence-corrected chi connectivity index (χ0v) is 13.0. The molecule has 2 unspecified atom stereocenters. The molecule has 0 heterocycles. The van der Waals surface area contributed by atoms with Gasteiger partial charge in [0.05, 0.1) is 0 Å². The normalized spacial score (nSPS) is 15.4. The van der Waals surface area contributed by atoms with Crippen molar-refractivity contribution >= 4 is 11.6 Å². The maximum Gasteiger partial charge on any atom is 0.0406 e. The van der Waals surface area contributed by atoms with Crippen LogP contribution in [0.3, 0.4) is 0 Å². The largest absolute Gasteiger partial charge is 0.310 e. The quantitative estimate of drug-likeness (QED) is 0.786. The summed E-state index contributed by atoms with van der Waals surface area (Å²) in [6.07, 6.45) is 1.10. The van der Waals surface area contributed by atoms with Crippen LogP contribution in [0.4, 0.5) is 0 Å². The van der Waals surface area contributed by atoms with Gasteiger partial charge in [0.2, 0.25) is 0 Å². The first-order valence-corrected chi connectivity index (χ1v) is 7.21. The monoisotopic (exact) mass is 267 g/mol. The molecule has 2 heteroatoms. The molecular weight excluding hydrogens is 242 g/mol. The first kappa shape index (κ1) is 15.5. The van der Waals surface area contributed by atoms with Crippen molar-refractivity contribution in [1.29, 1.82) is 0 Å². The fraction of sp³-hybridized carbons (Fsp3) is 0.625. The van der Waals surface area contributed by atoms with Gasteiger partial charge < -0.3 is 5.32 Å². The van der Waals surface area contributed by atoms with Crippen LogP contribution in [-0.2, 0) is 0 Å². The molecule has 2 atom stereocenters. The van der Waals surface area contributed by atoms with E-state index in [1.807, 2.05) is 12.1 Å². The predicted molar refractivity (Wildman–Crippen MR) is 81.1 cm³/mol. The van der Waals surface area contributed by atoms with E-state index in [0.29, 0.717) is 17.4 Å². The van der Waals surface area contributed by atoms with Gasteiger partial charge in [0.1, 0.15) is 0 Å². The van der Waals surface area contributed by atoms with E-state index in [1.54, 1.807) is 0 Å². The molecule has 102 valence electrons. The van der Waals surface area contributed by atoms with Crippen molar-refractivity contribution in [2.75, 3.05) is 6.54 Å². The third-order valence-electron chi connectivity index (χ3n) is 3.83. The van der Waals surface area contributed by atoms with Crippen LogP contribution in [0.15, 0.2) is 24.3 Å². The van der Waals surface area contributed by atoms with Crippen molar-refractivity contribution in [2.24, 2.45) is 11.3 Å². The summed E-state index contributed by atoms with van der Waals surface area (Å²) in [6.45, 7) is 12.5. The van der Waals surface area contributed by atoms with Crippen LogP contribution in [-0.4, -0.2) is 6.54 Å². The second-order valence-electron chi connectivity index (χ2n) is 6.19. The number of nitrogens with one attached hydrogen (secondary N) is 1. The van der Waals surface area contributed by atoms with E-state index in [1.165, 1.54) is 5.56 Å². The van der Waals surface area contributed by atoms with Crippen molar-refractivity contribution in [1.82, 2.24) is 5.32 Å². The zero-order chi connectivity index (χ0) is 13.8. The first-order valence-electron chi connectivity index (χ1n) is 6.83. The second kappa shape index (κ2) is 6.58. The van der Waals surface area contributed by atoms with Gasteiger partial charge in [-0.15, -0.1) is 0 Å². The van der Waals surface area contributed by atoms with Crippen molar-refractivity contribution < 1.29 is 0 Å². The number of halogens is 1. The Morgan fingerprint density at radius 2 is 1.72 bits per heavy atom. The molecule has 0 fully saturated rings. The van der Waals surface area contributed by atoms with Gasteiger partial charge in [-0.05, 0) is 42.0 Å². The molecule has 0 aliphatic carbocycles. The smallest absolute Gasteiger partial charge is 0.0406 e. The van der Waals surface area contributed by atoms with E-state index in [9.17, 15) is 0 Å². The maximum atomic E-state index is 5.93. The van der Waals surface area contributed by atoms with Gasteiger partial charge in [-0.1, -0.05) is 58.4 Å². The van der Waals surface area contributed by atoms with Crippen LogP contribution in [0.1, 0.15) is 52.6 Å². The lowest BCUT2D eigenvalue weighted by atomic mass is 9.82. The Morgan fingerprint density at radius 3 is 2.17 bits per heavy atom. The fourth-order valence-electron chi connectivity index (χ4n) is 1.82. The molecule has 1 aromatic rings. The third kappa shape index (κ3) is 4.62. The molecular formula is C16H26ClN. The van der Waals surface area contributed by atoms with E-state index in [2.05, 4.69) is 52.1 Å². The van der Waals surface area contributed by atoms with E-state index in [-0.39, 0.29) is 0 Å². The van der Waals surface area contributed by atoms with Gasteiger partial charge in [-0.2, -0.15) is 0 Å². The van der Waals surface area contributed by atoms with Gasteiger partial charge in [0.25, 0.3) is 0 Å². The van der Waals surface area contributed by atoms with Gasteiger partial charge in [0.15, 0.2) is 0 Å². The summed E-state index contributed by atoms with van der Waals surface area (Å²) >= 11 is 5.93. The SMILES string of the molecule is CCC(NCC(C)C(C)(C)C)c1ccc(Cl)cc1. The summed E-state index contributed by atoms with van der Waals surface area (Å²) in [7, 11) is 0. The Kier molecular flexibility index (Phi) is 5.68. The third-order valence-corrected chi connectivity index (χ3v) is 4.08. The Labute approximate surface area is 117 Å². The molecule has 0 saturated carbocycles. The molecule has 0 radical (unpaired) electrons. The van der Waals surface area contributed by atoms with Crippen LogP contribution in [0.25, 0.3) is 0 Å². The Hall–Kier alpha value is -0.530. The highest BCUT2D eigenvalue weighted by Crippen LogP contribution is 2.26. The van der Waals surface area contributed by atoms with Crippen LogP contribution < -0.4 is 5.32 Å². The average molecular weight is 268 g/mol. The Balaban J connectivity index is 2.60. The zero-order valence-electron chi connectivity index (χ0n) is 12.3. The van der Waals surface area contributed by atoms with Crippen molar-refractivity contribution in [3.8, 4) is 0 Å². The van der Waals surface area contributed by atoms with Crippen molar-refractivity contribution in [2.45, 2.75) is 47.1 Å². The van der Waals surface area contributed by atoms with Gasteiger partial charge >= 0.3 is 0 Å². The van der Waals surface area contributed by atoms with Gasteiger partial charge in [-0.25, -0.2) is 0 Å². The minimum absolute atomic E-state index is 0.352. The summed E-state index contributed by atoms with van der Waals surface area (Å²) in [5.74, 6) is 0.652. The molecule has 0 bridgehead atoms. The highest BCUT2D eigenvalue weighted by atomic mass is 35.5. The van der Waals surface area contributed by atoms with Crippen molar-refractivity contribution in [3.63, 3.8) is 0 Å². The molecule has 1 aromatic carbocycles. The minimum atomic E-state index is 0.352. The fourth-order valence-corrected chi connectivity index (χ4v) is 1.94. The lowest BCUT2D eigenvalue weighted by Crippen LogP contribution is -2.32. The lowest BCUT2D eigenvalue weighted by molar-refractivity contribution is 0.244. The Morgan fingerprint density at radius 1 is 1.17 bits per heavy atom. The highest BCUT2D eigenvalue weighted by molar-refractivity contribution is 6.30. The van der Waals surface area contributed by atoms with Crippen LogP contribution in [0.5, 0.6) is 0 Å². The van der Waals surface area contributed by atoms with E-state index in [0.717, 1.165) is 18.0 Å². The number of rotatable bonds is 5. The van der Waals surface area contributed by atoms with Crippen LogP contribution in [0, 0.1) is 11.3 Å². The van der Waals surface area contributed by atoms with Crippen LogP contribution in [0.2, 0.25) is 5.02 Å². The van der Waals surface area contributed by atoms with Crippen LogP contribution >= 0.6 is 11.6 Å². The maximum absolute atomic E-state index is 5.93. The second-order valence-corrected chi connectivity index (χ2v) is 6.62. The summed E-state index contributed by atoms with van der Waals surface area (Å²) in [6, 6.07) is 8.59. The molecule has 0 aliphatic heterocycles. The van der Waals surface area contributed by atoms with E-state index < -0.39 is 0 Å².